The van der Waals surface area contributed by atoms with Gasteiger partial charge in [0, 0.05) is 213 Å². The van der Waals surface area contributed by atoms with Crippen LogP contribution in [-0.4, -0.2) is 57.7 Å². The summed E-state index contributed by atoms with van der Waals surface area (Å²) in [5.74, 6) is -0.741. The van der Waals surface area contributed by atoms with E-state index in [2.05, 4.69) is 64.7 Å². The first-order chi connectivity index (χ1) is 29.2. The van der Waals surface area contributed by atoms with Crippen LogP contribution in [0, 0.1) is 13.8 Å². The monoisotopic (exact) mass is 1100 g/mol. The molecule has 0 fully saturated rings. The Bertz CT molecular complexity index is 2910. The molecule has 0 spiro atoms. The van der Waals surface area contributed by atoms with Gasteiger partial charge in [0.15, 0.2) is 0 Å². The fourth-order valence-corrected chi connectivity index (χ4v) is 24.4. The van der Waals surface area contributed by atoms with Crippen LogP contribution in [0.25, 0.3) is 44.1 Å². The average Bonchev–Trinajstić information content (AvgIpc) is 3.78. The highest BCUT2D eigenvalue weighted by atomic mass is 33.4. The SMILES string of the molecule is CC(=O)Cn1cc(C(N)=O)c2cc(-c3cnc(C)nc3)ccc21.Cc1ncc(-c2ccc3c(c2)c(C(N)=O)cn3CC(=O)O)cn1.S=S=S=S=S=S=S.S=S=S=S=S=S=S=S. The van der Waals surface area contributed by atoms with Crippen LogP contribution in [0.15, 0.2) is 73.6 Å². The van der Waals surface area contributed by atoms with Gasteiger partial charge in [-0.15, -0.1) is 0 Å². The molecule has 2 amide bonds. The lowest BCUT2D eigenvalue weighted by molar-refractivity contribution is -0.137. The topological polar surface area (TPSA) is 202 Å². The van der Waals surface area contributed by atoms with Crippen molar-refractivity contribution in [1.29, 1.82) is 0 Å². The molecule has 0 saturated heterocycles. The highest BCUT2D eigenvalue weighted by Crippen LogP contribution is 2.29. The number of carboxylic acids is 1. The van der Waals surface area contributed by atoms with Gasteiger partial charge in [-0.25, -0.2) is 19.9 Å². The van der Waals surface area contributed by atoms with Crippen LogP contribution in [0.1, 0.15) is 39.3 Å². The molecule has 6 aromatic rings. The third-order valence-corrected chi connectivity index (χ3v) is 27.5. The van der Waals surface area contributed by atoms with Crippen molar-refractivity contribution in [2.24, 2.45) is 11.5 Å². The minimum absolute atomic E-state index is 0.00827. The van der Waals surface area contributed by atoms with E-state index in [-0.39, 0.29) is 24.4 Å². The third-order valence-electron chi connectivity index (χ3n) is 7.47. The molecule has 0 aliphatic heterocycles. The van der Waals surface area contributed by atoms with E-state index >= 15 is 0 Å². The van der Waals surface area contributed by atoms with Crippen LogP contribution in [0.2, 0.25) is 0 Å². The maximum Gasteiger partial charge on any atom is 0.323 e. The standard InChI is InChI=1S/C17H16N4O2.C16H14N4O3.S8.S7/c1-10(22)8-21-9-15(17(18)23)14-5-12(3-4-16(14)21)13-6-19-11(2)20-7-13;1-9-18-5-11(6-19-9)10-2-3-14-12(4-10)13(16(17)23)7-20(14)8-15(21)22;1-3-5-7-8-6-4-2;1-3-5-7-6-4-2/h3-7,9H,8H2,1-2H3,(H2,18,23);2-7H,8H2,1H3,(H2,17,23)(H,21,22);;. The number of aryl methyl sites for hydroxylation is 2. The van der Waals surface area contributed by atoms with Crippen LogP contribution >= 0.6 is 0 Å². The number of carbonyl (C=O) groups is 4. The molecule has 28 heteroatoms. The first kappa shape index (κ1) is 52.4. The second kappa shape index (κ2) is 28.0. The summed E-state index contributed by atoms with van der Waals surface area (Å²) in [5.41, 5.74) is 16.4. The maximum atomic E-state index is 11.7. The van der Waals surface area contributed by atoms with E-state index < -0.39 is 17.8 Å². The van der Waals surface area contributed by atoms with Crippen LogP contribution in [0.3, 0.4) is 0 Å². The van der Waals surface area contributed by atoms with Crippen molar-refractivity contribution in [3.8, 4) is 22.3 Å². The lowest BCUT2D eigenvalue weighted by atomic mass is 10.0. The first-order valence-corrected chi connectivity index (χ1v) is 33.6. The van der Waals surface area contributed by atoms with Crippen molar-refractivity contribution in [2.45, 2.75) is 33.9 Å². The van der Waals surface area contributed by atoms with Crippen molar-refractivity contribution in [3.05, 3.63) is 96.4 Å². The first-order valence-electron chi connectivity index (χ1n) is 16.2. The van der Waals surface area contributed by atoms with Crippen LogP contribution in [0.5, 0.6) is 0 Å². The Hall–Kier alpha value is -2.94. The number of fused-ring (bicyclic) bond motifs is 2. The molecule has 0 bridgehead atoms. The maximum absolute atomic E-state index is 11.7. The van der Waals surface area contributed by atoms with Gasteiger partial charge in [-0.2, -0.15) is 0 Å². The summed E-state index contributed by atoms with van der Waals surface area (Å²) in [4.78, 5) is 62.4. The lowest BCUT2D eigenvalue weighted by Crippen LogP contribution is -2.11. The van der Waals surface area contributed by atoms with Crippen LogP contribution < -0.4 is 11.5 Å². The second-order valence-corrected chi connectivity index (χ2v) is 30.9. The molecule has 0 aliphatic rings. The Morgan fingerprint density at radius 1 is 0.574 bits per heavy atom. The van der Waals surface area contributed by atoms with Gasteiger partial charge in [-0.3, -0.25) is 19.2 Å². The number of rotatable bonds is 8. The van der Waals surface area contributed by atoms with Gasteiger partial charge in [0.2, 0.25) is 0 Å². The number of ketones is 1. The fraction of sp³-hybridized carbons (Fsp3) is 0.152. The predicted octanol–water partition coefficient (Wildman–Crippen LogP) is 3.65. The Morgan fingerprint density at radius 2 is 0.918 bits per heavy atom. The molecule has 61 heavy (non-hydrogen) atoms. The molecule has 0 radical (unpaired) electrons. The highest BCUT2D eigenvalue weighted by molar-refractivity contribution is 8.70. The number of primary amides is 2. The molecule has 6 rings (SSSR count). The molecule has 0 aliphatic carbocycles. The number of hydrogen-bond acceptors (Lipinski definition) is 12. The summed E-state index contributed by atoms with van der Waals surface area (Å²) < 4.78 is 3.24. The lowest BCUT2D eigenvalue weighted by Gasteiger charge is -2.05. The van der Waals surface area contributed by atoms with Crippen LogP contribution in [0.4, 0.5) is 0 Å². The number of nitrogens with zero attached hydrogens (tertiary/aromatic N) is 6. The molecule has 0 unspecified atom stereocenters. The van der Waals surface area contributed by atoms with Gasteiger partial charge >= 0.3 is 5.97 Å². The Balaban J connectivity index is 0.000000246. The largest absolute Gasteiger partial charge is 0.480 e. The molecule has 2 aromatic carbocycles. The zero-order chi connectivity index (χ0) is 44.9. The number of hydrogen-bond donors (Lipinski definition) is 3. The molecule has 4 heterocycles. The van der Waals surface area contributed by atoms with E-state index in [1.807, 2.05) is 31.2 Å². The number of nitrogens with two attached hydrogens (primary N) is 2. The third kappa shape index (κ3) is 17.3. The quantitative estimate of drug-likeness (QED) is 0.200. The minimum atomic E-state index is -0.992. The van der Waals surface area contributed by atoms with Gasteiger partial charge in [0.1, 0.15) is 24.0 Å². The van der Waals surface area contributed by atoms with E-state index in [0.717, 1.165) is 33.2 Å². The molecule has 4 aromatic heterocycles. The van der Waals surface area contributed by atoms with Crippen molar-refractivity contribution in [3.63, 3.8) is 0 Å². The molecule has 0 atom stereocenters. The van der Waals surface area contributed by atoms with Gasteiger partial charge < -0.3 is 25.7 Å². The molecule has 0 saturated carbocycles. The molecular weight excluding hydrogens is 1070 g/mol. The van der Waals surface area contributed by atoms with E-state index in [4.69, 9.17) is 16.6 Å². The molecule has 322 valence electrons. The van der Waals surface area contributed by atoms with E-state index in [9.17, 15) is 19.2 Å². The smallest absolute Gasteiger partial charge is 0.323 e. The minimum Gasteiger partial charge on any atom is -0.480 e. The van der Waals surface area contributed by atoms with Gasteiger partial charge in [0.05, 0.1) is 17.7 Å². The number of carboxylic acid groups (broad SMARTS) is 1. The highest BCUT2D eigenvalue weighted by Gasteiger charge is 2.16. The number of carbonyl (C=O) groups excluding carboxylic acids is 3. The number of aromatic nitrogens is 6. The van der Waals surface area contributed by atoms with E-state index in [0.29, 0.717) is 28.1 Å². The normalized spacial score (nSPS) is 9.75. The predicted molar refractivity (Wildman–Crippen MR) is 281 cm³/mol. The number of amides is 2. The second-order valence-electron chi connectivity index (χ2n) is 11.4. The summed E-state index contributed by atoms with van der Waals surface area (Å²) in [6, 6.07) is 11.1. The Kier molecular flexibility index (Phi) is 24.0. The average molecular weight is 1100 g/mol. The summed E-state index contributed by atoms with van der Waals surface area (Å²) in [6.07, 6.45) is 9.96. The summed E-state index contributed by atoms with van der Waals surface area (Å²) >= 11 is 18.3. The molecule has 13 nitrogen and oxygen atoms in total. The summed E-state index contributed by atoms with van der Waals surface area (Å²) in [5, 5.41) is 10.3. The van der Waals surface area contributed by atoms with Gasteiger partial charge in [-0.05, 0) is 56.2 Å². The van der Waals surface area contributed by atoms with Crippen LogP contribution in [-0.2, 0) is 165 Å². The zero-order valence-electron chi connectivity index (χ0n) is 31.4. The Morgan fingerprint density at radius 3 is 1.23 bits per heavy atom. The van der Waals surface area contributed by atoms with Crippen molar-refractivity contribution in [1.82, 2.24) is 29.1 Å². The zero-order valence-corrected chi connectivity index (χ0v) is 43.6. The summed E-state index contributed by atoms with van der Waals surface area (Å²) in [7, 11) is 16.5. The molecular formula is C33H30N8O5S15. The van der Waals surface area contributed by atoms with E-state index in [1.165, 1.54) is 53.2 Å². The molecule has 5 N–H and O–H groups in total. The van der Waals surface area contributed by atoms with Crippen molar-refractivity contribution < 1.29 is 24.3 Å². The van der Waals surface area contributed by atoms with E-state index in [1.54, 1.807) is 117 Å². The van der Waals surface area contributed by atoms with Gasteiger partial charge in [-0.1, -0.05) is 12.1 Å². The van der Waals surface area contributed by atoms with Crippen molar-refractivity contribution >= 4 is 188 Å². The van der Waals surface area contributed by atoms with Crippen molar-refractivity contribution in [2.75, 3.05) is 0 Å². The number of benzene rings is 2. The summed E-state index contributed by atoms with van der Waals surface area (Å²) in [6.45, 7) is 5.09. The fourth-order valence-electron chi connectivity index (χ4n) is 5.16. The number of aliphatic carboxylic acids is 1. The Labute approximate surface area is 400 Å². The number of Topliss-reactive ketones (excluding diaryl/α,β-unsaturated/α-hetero) is 1. The van der Waals surface area contributed by atoms with Gasteiger partial charge in [0.25, 0.3) is 11.8 Å².